The van der Waals surface area contributed by atoms with Crippen molar-refractivity contribution in [2.45, 2.75) is 87.2 Å². The number of rotatable bonds is 2. The molecule has 2 aromatic carbocycles. The van der Waals surface area contributed by atoms with Gasteiger partial charge in [-0.2, -0.15) is 0 Å². The number of halogens is 1. The zero-order valence-corrected chi connectivity index (χ0v) is 20.9. The second-order valence-corrected chi connectivity index (χ2v) is 10.7. The molecule has 0 saturated heterocycles. The van der Waals surface area contributed by atoms with Crippen molar-refractivity contribution in [1.82, 2.24) is 5.32 Å². The van der Waals surface area contributed by atoms with Gasteiger partial charge < -0.3 is 11.1 Å². The second-order valence-electron chi connectivity index (χ2n) is 9.64. The molecule has 5 heteroatoms. The van der Waals surface area contributed by atoms with Crippen molar-refractivity contribution in [2.75, 3.05) is 0 Å². The van der Waals surface area contributed by atoms with Crippen LogP contribution in [0, 0.1) is 0 Å². The van der Waals surface area contributed by atoms with Gasteiger partial charge in [0.15, 0.2) is 11.6 Å². The number of carbonyl (C=O) groups is 2. The standard InChI is InChI=1S/C14H17NO.C9H7BrO.C5H11N/c16-14-9-13(15-10-5-1-2-6-10)11-7-3-4-8-12(11)14;10-8-5-9(11)7-4-2-1-3-6(7)8;6-5-3-1-2-4-5/h3-4,7-8,10,13,15H,1-2,5-6,9H2;1-4,8H,5H2;5H,1-4,6H2. The Morgan fingerprint density at radius 3 is 1.82 bits per heavy atom. The predicted molar refractivity (Wildman–Crippen MR) is 137 cm³/mol. The number of benzene rings is 2. The van der Waals surface area contributed by atoms with E-state index in [4.69, 9.17) is 5.73 Å². The molecule has 3 N–H and O–H groups in total. The van der Waals surface area contributed by atoms with Crippen LogP contribution in [0.2, 0.25) is 0 Å². The molecule has 0 amide bonds. The summed E-state index contributed by atoms with van der Waals surface area (Å²) in [5, 5.41) is 3.64. The molecule has 0 spiro atoms. The van der Waals surface area contributed by atoms with E-state index in [0.29, 0.717) is 30.7 Å². The summed E-state index contributed by atoms with van der Waals surface area (Å²) in [6, 6.07) is 17.2. The number of nitrogens with one attached hydrogen (secondary N) is 1. The van der Waals surface area contributed by atoms with E-state index in [9.17, 15) is 9.59 Å². The molecule has 4 nitrogen and oxygen atoms in total. The Kier molecular flexibility index (Phi) is 8.50. The highest BCUT2D eigenvalue weighted by molar-refractivity contribution is 9.09. The first-order valence-corrected chi connectivity index (χ1v) is 13.3. The summed E-state index contributed by atoms with van der Waals surface area (Å²) in [6.45, 7) is 0. The first-order valence-electron chi connectivity index (χ1n) is 12.4. The average Bonchev–Trinajstić information content (AvgIpc) is 3.62. The van der Waals surface area contributed by atoms with Gasteiger partial charge in [-0.15, -0.1) is 0 Å². The van der Waals surface area contributed by atoms with E-state index in [1.54, 1.807) is 0 Å². The third-order valence-electron chi connectivity index (χ3n) is 7.18. The number of ketones is 2. The van der Waals surface area contributed by atoms with E-state index in [-0.39, 0.29) is 16.7 Å². The van der Waals surface area contributed by atoms with E-state index >= 15 is 0 Å². The minimum atomic E-state index is 0.242. The van der Waals surface area contributed by atoms with Crippen LogP contribution in [0.15, 0.2) is 48.5 Å². The van der Waals surface area contributed by atoms with Crippen LogP contribution >= 0.6 is 15.9 Å². The number of Topliss-reactive ketones (excluding diaryl/α,β-unsaturated/α-hetero) is 2. The van der Waals surface area contributed by atoms with Crippen LogP contribution in [0.1, 0.15) is 107 Å². The topological polar surface area (TPSA) is 72.2 Å². The fraction of sp³-hybridized carbons (Fsp3) is 0.500. The second kappa shape index (κ2) is 11.5. The highest BCUT2D eigenvalue weighted by Gasteiger charge is 2.30. The molecule has 2 atom stereocenters. The molecule has 0 bridgehead atoms. The molecule has 2 fully saturated rings. The lowest BCUT2D eigenvalue weighted by atomic mass is 10.1. The monoisotopic (exact) mass is 510 g/mol. The summed E-state index contributed by atoms with van der Waals surface area (Å²) in [6.07, 6.45) is 11.7. The van der Waals surface area contributed by atoms with Crippen molar-refractivity contribution >= 4 is 27.5 Å². The number of carbonyl (C=O) groups excluding carboxylic acids is 2. The Hall–Kier alpha value is -1.82. The van der Waals surface area contributed by atoms with Gasteiger partial charge in [0.2, 0.25) is 0 Å². The minimum absolute atomic E-state index is 0.242. The maximum atomic E-state index is 11.8. The third-order valence-corrected chi connectivity index (χ3v) is 8.00. The van der Waals surface area contributed by atoms with Crippen LogP contribution in [0.5, 0.6) is 0 Å². The fourth-order valence-electron chi connectivity index (χ4n) is 5.35. The summed E-state index contributed by atoms with van der Waals surface area (Å²) in [5.74, 6) is 0.550. The maximum Gasteiger partial charge on any atom is 0.165 e. The van der Waals surface area contributed by atoms with Crippen LogP contribution in [0.25, 0.3) is 0 Å². The van der Waals surface area contributed by atoms with Gasteiger partial charge in [0.05, 0.1) is 0 Å². The molecular weight excluding hydrogens is 476 g/mol. The molecule has 4 aliphatic rings. The fourth-order valence-corrected chi connectivity index (χ4v) is 6.04. The lowest BCUT2D eigenvalue weighted by Crippen LogP contribution is -2.29. The van der Waals surface area contributed by atoms with Gasteiger partial charge in [0.1, 0.15) is 0 Å². The van der Waals surface area contributed by atoms with Gasteiger partial charge in [-0.25, -0.2) is 0 Å². The Morgan fingerprint density at radius 1 is 0.727 bits per heavy atom. The van der Waals surface area contributed by atoms with Gasteiger partial charge >= 0.3 is 0 Å². The zero-order chi connectivity index (χ0) is 23.2. The molecule has 0 radical (unpaired) electrons. The number of hydrogen-bond acceptors (Lipinski definition) is 4. The summed E-state index contributed by atoms with van der Waals surface area (Å²) >= 11 is 3.46. The number of alkyl halides is 1. The first kappa shape index (κ1) is 24.3. The van der Waals surface area contributed by atoms with Crippen molar-refractivity contribution in [2.24, 2.45) is 5.73 Å². The molecule has 4 aliphatic carbocycles. The molecule has 2 unspecified atom stereocenters. The van der Waals surface area contributed by atoms with Gasteiger partial charge in [-0.1, -0.05) is 90.1 Å². The van der Waals surface area contributed by atoms with Crippen LogP contribution in [0.4, 0.5) is 0 Å². The largest absolute Gasteiger partial charge is 0.328 e. The predicted octanol–water partition coefficient (Wildman–Crippen LogP) is 6.44. The van der Waals surface area contributed by atoms with Crippen LogP contribution in [0.3, 0.4) is 0 Å². The lowest BCUT2D eigenvalue weighted by Gasteiger charge is -2.18. The van der Waals surface area contributed by atoms with Gasteiger partial charge in [-0.3, -0.25) is 9.59 Å². The van der Waals surface area contributed by atoms with Crippen molar-refractivity contribution in [1.29, 1.82) is 0 Å². The SMILES string of the molecule is NC1CCCC1.O=C1CC(Br)c2ccccc21.O=C1CC(NC2CCCC2)c2ccccc21. The molecule has 176 valence electrons. The number of hydrogen-bond donors (Lipinski definition) is 2. The van der Waals surface area contributed by atoms with Crippen molar-refractivity contribution < 1.29 is 9.59 Å². The quantitative estimate of drug-likeness (QED) is 0.455. The summed E-state index contributed by atoms with van der Waals surface area (Å²) in [5.41, 5.74) is 9.69. The number of nitrogens with two attached hydrogens (primary N) is 1. The first-order chi connectivity index (χ1) is 16.0. The highest BCUT2D eigenvalue weighted by Crippen LogP contribution is 2.37. The molecule has 33 heavy (non-hydrogen) atoms. The van der Waals surface area contributed by atoms with E-state index in [0.717, 1.165) is 16.7 Å². The Bertz CT molecular complexity index is 964. The lowest BCUT2D eigenvalue weighted by molar-refractivity contribution is 0.0980. The Balaban J connectivity index is 0.000000132. The molecule has 0 aliphatic heterocycles. The summed E-state index contributed by atoms with van der Waals surface area (Å²) < 4.78 is 0. The third kappa shape index (κ3) is 6.20. The normalized spacial score (nSPS) is 24.1. The molecule has 6 rings (SSSR count). The molecule has 0 aromatic heterocycles. The van der Waals surface area contributed by atoms with Crippen LogP contribution in [-0.4, -0.2) is 23.7 Å². The molecule has 2 aromatic rings. The van der Waals surface area contributed by atoms with Crippen molar-refractivity contribution in [3.05, 3.63) is 70.8 Å². The molecular formula is C28H35BrN2O2. The average molecular weight is 512 g/mol. The minimum Gasteiger partial charge on any atom is -0.328 e. The van der Waals surface area contributed by atoms with Gasteiger partial charge in [0.25, 0.3) is 0 Å². The highest BCUT2D eigenvalue weighted by atomic mass is 79.9. The summed E-state index contributed by atoms with van der Waals surface area (Å²) in [4.78, 5) is 23.3. The maximum absolute atomic E-state index is 11.8. The molecule has 2 saturated carbocycles. The van der Waals surface area contributed by atoms with Crippen LogP contribution < -0.4 is 11.1 Å². The van der Waals surface area contributed by atoms with Crippen LogP contribution in [-0.2, 0) is 0 Å². The zero-order valence-electron chi connectivity index (χ0n) is 19.3. The van der Waals surface area contributed by atoms with Gasteiger partial charge in [-0.05, 0) is 36.8 Å². The van der Waals surface area contributed by atoms with E-state index < -0.39 is 0 Å². The van der Waals surface area contributed by atoms with Crippen molar-refractivity contribution in [3.63, 3.8) is 0 Å². The molecule has 0 heterocycles. The Labute approximate surface area is 205 Å². The van der Waals surface area contributed by atoms with Crippen molar-refractivity contribution in [3.8, 4) is 0 Å². The Morgan fingerprint density at radius 2 is 1.24 bits per heavy atom. The smallest absolute Gasteiger partial charge is 0.165 e. The number of fused-ring (bicyclic) bond motifs is 2. The van der Waals surface area contributed by atoms with E-state index in [1.165, 1.54) is 56.9 Å². The summed E-state index contributed by atoms with van der Waals surface area (Å²) in [7, 11) is 0. The van der Waals surface area contributed by atoms with Gasteiger partial charge in [0, 0.05) is 46.9 Å². The van der Waals surface area contributed by atoms with E-state index in [1.807, 2.05) is 42.5 Å². The van der Waals surface area contributed by atoms with E-state index in [2.05, 4.69) is 27.3 Å².